The van der Waals surface area contributed by atoms with Crippen LogP contribution in [0.4, 0.5) is 0 Å². The number of aromatic nitrogens is 3. The Bertz CT molecular complexity index is 476. The second-order valence-electron chi connectivity index (χ2n) is 4.91. The first-order valence-corrected chi connectivity index (χ1v) is 5.25. The first-order chi connectivity index (χ1) is 7.47. The molecule has 0 aliphatic carbocycles. The van der Waals surface area contributed by atoms with Crippen LogP contribution in [-0.2, 0) is 5.41 Å². The first-order valence-electron chi connectivity index (χ1n) is 5.25. The van der Waals surface area contributed by atoms with Gasteiger partial charge in [0.2, 0.25) is 0 Å². The van der Waals surface area contributed by atoms with E-state index in [1.165, 1.54) is 10.4 Å². The van der Waals surface area contributed by atoms with E-state index in [4.69, 9.17) is 5.84 Å². The first kappa shape index (κ1) is 10.7. The van der Waals surface area contributed by atoms with Gasteiger partial charge in [-0.2, -0.15) is 4.79 Å². The summed E-state index contributed by atoms with van der Waals surface area (Å²) in [7, 11) is 0. The molecule has 0 spiro atoms. The highest BCUT2D eigenvalue weighted by atomic mass is 15.6. The molecule has 0 atom stereocenters. The van der Waals surface area contributed by atoms with Crippen LogP contribution in [0.2, 0.25) is 0 Å². The summed E-state index contributed by atoms with van der Waals surface area (Å²) in [6, 6.07) is 8.32. The molecule has 0 aliphatic heterocycles. The van der Waals surface area contributed by atoms with Gasteiger partial charge in [0.05, 0.1) is 6.20 Å². The van der Waals surface area contributed by atoms with E-state index in [9.17, 15) is 0 Å². The maximum absolute atomic E-state index is 5.46. The summed E-state index contributed by atoms with van der Waals surface area (Å²) in [5.41, 5.74) is 3.30. The molecule has 84 valence electrons. The van der Waals surface area contributed by atoms with Gasteiger partial charge in [0.15, 0.2) is 0 Å². The van der Waals surface area contributed by atoms with Crippen LogP contribution in [0.3, 0.4) is 0 Å². The molecule has 4 nitrogen and oxygen atoms in total. The zero-order chi connectivity index (χ0) is 11.8. The number of benzene rings is 1. The van der Waals surface area contributed by atoms with Crippen LogP contribution in [0.15, 0.2) is 30.5 Å². The second kappa shape index (κ2) is 3.63. The Labute approximate surface area is 95.1 Å². The van der Waals surface area contributed by atoms with Crippen LogP contribution in [0, 0.1) is 0 Å². The van der Waals surface area contributed by atoms with Gasteiger partial charge in [0.25, 0.3) is 0 Å². The number of hydrogen-bond donors (Lipinski definition) is 1. The molecule has 0 fully saturated rings. The minimum absolute atomic E-state index is 0.171. The van der Waals surface area contributed by atoms with Gasteiger partial charge in [0.1, 0.15) is 5.69 Å². The zero-order valence-electron chi connectivity index (χ0n) is 9.81. The van der Waals surface area contributed by atoms with Crippen molar-refractivity contribution in [1.29, 1.82) is 0 Å². The van der Waals surface area contributed by atoms with E-state index >= 15 is 0 Å². The fourth-order valence-corrected chi connectivity index (χ4v) is 1.55. The normalized spacial score (nSPS) is 11.7. The highest BCUT2D eigenvalue weighted by Gasteiger charge is 2.13. The molecule has 2 rings (SSSR count). The van der Waals surface area contributed by atoms with Crippen LogP contribution in [0.5, 0.6) is 0 Å². The van der Waals surface area contributed by atoms with Crippen molar-refractivity contribution >= 4 is 0 Å². The average Bonchev–Trinajstić information content (AvgIpc) is 2.64. The predicted molar refractivity (Wildman–Crippen MR) is 64.3 cm³/mol. The zero-order valence-corrected chi connectivity index (χ0v) is 9.81. The SMILES string of the molecule is CC(C)(C)c1ccc(-c2cn(N)nn2)cc1. The summed E-state index contributed by atoms with van der Waals surface area (Å²) in [4.78, 5) is 1.22. The van der Waals surface area contributed by atoms with Crippen molar-refractivity contribution in [2.24, 2.45) is 0 Å². The van der Waals surface area contributed by atoms with Crippen LogP contribution >= 0.6 is 0 Å². The summed E-state index contributed by atoms with van der Waals surface area (Å²) in [6.45, 7) is 6.58. The molecule has 0 unspecified atom stereocenters. The van der Waals surface area contributed by atoms with Gasteiger partial charge in [-0.1, -0.05) is 45.0 Å². The van der Waals surface area contributed by atoms with Crippen molar-refractivity contribution in [3.8, 4) is 11.3 Å². The van der Waals surface area contributed by atoms with Crippen molar-refractivity contribution in [1.82, 2.24) is 15.1 Å². The van der Waals surface area contributed by atoms with Crippen molar-refractivity contribution in [2.45, 2.75) is 26.2 Å². The van der Waals surface area contributed by atoms with Crippen LogP contribution in [-0.4, -0.2) is 15.1 Å². The van der Waals surface area contributed by atoms with Gasteiger partial charge >= 0.3 is 0 Å². The summed E-state index contributed by atoms with van der Waals surface area (Å²) >= 11 is 0. The molecule has 1 aromatic heterocycles. The molecule has 0 amide bonds. The molecule has 0 saturated heterocycles. The molecule has 0 radical (unpaired) electrons. The average molecular weight is 216 g/mol. The Balaban J connectivity index is 2.33. The Morgan fingerprint density at radius 1 is 1.12 bits per heavy atom. The van der Waals surface area contributed by atoms with E-state index in [-0.39, 0.29) is 5.41 Å². The predicted octanol–water partition coefficient (Wildman–Crippen LogP) is 1.96. The van der Waals surface area contributed by atoms with Crippen LogP contribution in [0.1, 0.15) is 26.3 Å². The number of hydrogen-bond acceptors (Lipinski definition) is 3. The summed E-state index contributed by atoms with van der Waals surface area (Å²) < 4.78 is 0. The molecule has 1 heterocycles. The van der Waals surface area contributed by atoms with Crippen molar-refractivity contribution in [3.63, 3.8) is 0 Å². The molecule has 4 heteroatoms. The fraction of sp³-hybridized carbons (Fsp3) is 0.333. The Kier molecular flexibility index (Phi) is 2.42. The van der Waals surface area contributed by atoms with Crippen molar-refractivity contribution < 1.29 is 0 Å². The van der Waals surface area contributed by atoms with Crippen molar-refractivity contribution in [2.75, 3.05) is 5.84 Å². The molecule has 2 N–H and O–H groups in total. The quantitative estimate of drug-likeness (QED) is 0.741. The van der Waals surface area contributed by atoms with E-state index in [0.717, 1.165) is 11.3 Å². The smallest absolute Gasteiger partial charge is 0.115 e. The molecule has 0 saturated carbocycles. The van der Waals surface area contributed by atoms with Gasteiger partial charge in [-0.05, 0) is 16.2 Å². The number of nitrogens with zero attached hydrogens (tertiary/aromatic N) is 3. The lowest BCUT2D eigenvalue weighted by atomic mass is 9.86. The summed E-state index contributed by atoms with van der Waals surface area (Å²) in [5.74, 6) is 5.46. The Hall–Kier alpha value is -1.84. The molecule has 2 aromatic rings. The minimum atomic E-state index is 0.171. The molecular formula is C12H16N4. The van der Waals surface area contributed by atoms with Gasteiger partial charge in [0, 0.05) is 5.56 Å². The highest BCUT2D eigenvalue weighted by Crippen LogP contribution is 2.24. The van der Waals surface area contributed by atoms with E-state index in [2.05, 4.69) is 43.2 Å². The third-order valence-corrected chi connectivity index (χ3v) is 2.56. The topological polar surface area (TPSA) is 56.7 Å². The largest absolute Gasteiger partial charge is 0.322 e. The number of rotatable bonds is 1. The van der Waals surface area contributed by atoms with Gasteiger partial charge < -0.3 is 5.84 Å². The second-order valence-corrected chi connectivity index (χ2v) is 4.91. The molecule has 16 heavy (non-hydrogen) atoms. The molecule has 0 aliphatic rings. The van der Waals surface area contributed by atoms with Crippen LogP contribution in [0.25, 0.3) is 11.3 Å². The van der Waals surface area contributed by atoms with E-state index in [1.54, 1.807) is 6.20 Å². The van der Waals surface area contributed by atoms with E-state index in [0.29, 0.717) is 0 Å². The monoisotopic (exact) mass is 216 g/mol. The van der Waals surface area contributed by atoms with E-state index in [1.807, 2.05) is 12.1 Å². The molecule has 0 bridgehead atoms. The van der Waals surface area contributed by atoms with Gasteiger partial charge in [-0.3, -0.25) is 0 Å². The number of nitrogens with two attached hydrogens (primary N) is 1. The standard InChI is InChI=1S/C12H16N4/c1-12(2,3)10-6-4-9(5-7-10)11-8-16(13)15-14-11/h4-8H,13H2,1-3H3. The molecule has 1 aromatic carbocycles. The summed E-state index contributed by atoms with van der Waals surface area (Å²) in [5, 5.41) is 7.67. The van der Waals surface area contributed by atoms with E-state index < -0.39 is 0 Å². The lowest BCUT2D eigenvalue weighted by Crippen LogP contribution is -2.10. The third-order valence-electron chi connectivity index (χ3n) is 2.56. The van der Waals surface area contributed by atoms with Crippen molar-refractivity contribution in [3.05, 3.63) is 36.0 Å². The maximum atomic E-state index is 5.46. The third kappa shape index (κ3) is 2.05. The Morgan fingerprint density at radius 3 is 2.19 bits per heavy atom. The fourth-order valence-electron chi connectivity index (χ4n) is 1.55. The van der Waals surface area contributed by atoms with Crippen LogP contribution < -0.4 is 5.84 Å². The maximum Gasteiger partial charge on any atom is 0.115 e. The lowest BCUT2D eigenvalue weighted by Gasteiger charge is -2.18. The van der Waals surface area contributed by atoms with Gasteiger partial charge in [-0.15, -0.1) is 5.10 Å². The highest BCUT2D eigenvalue weighted by molar-refractivity contribution is 5.58. The molecular weight excluding hydrogens is 200 g/mol. The van der Waals surface area contributed by atoms with Gasteiger partial charge in [-0.25, -0.2) is 0 Å². The minimum Gasteiger partial charge on any atom is -0.322 e. The summed E-state index contributed by atoms with van der Waals surface area (Å²) in [6.07, 6.45) is 1.70. The number of nitrogen functional groups attached to an aromatic ring is 1. The lowest BCUT2D eigenvalue weighted by molar-refractivity contribution is 0.590. The Morgan fingerprint density at radius 2 is 1.75 bits per heavy atom.